The van der Waals surface area contributed by atoms with E-state index in [1.807, 2.05) is 12.1 Å². The number of ether oxygens (including phenoxy) is 2. The minimum atomic E-state index is -0.0742. The second-order valence-corrected chi connectivity index (χ2v) is 8.32. The molecule has 6 nitrogen and oxygen atoms in total. The lowest BCUT2D eigenvalue weighted by atomic mass is 10.1. The van der Waals surface area contributed by atoms with Crippen molar-refractivity contribution in [3.63, 3.8) is 0 Å². The zero-order valence-corrected chi connectivity index (χ0v) is 19.7. The van der Waals surface area contributed by atoms with Crippen LogP contribution < -0.4 is 14.4 Å². The van der Waals surface area contributed by atoms with Gasteiger partial charge in [-0.2, -0.15) is 0 Å². The molecule has 1 aliphatic rings. The number of hydrogen-bond acceptors (Lipinski definition) is 6. The summed E-state index contributed by atoms with van der Waals surface area (Å²) in [6.45, 7) is 10.6. The molecule has 0 saturated heterocycles. The summed E-state index contributed by atoms with van der Waals surface area (Å²) in [4.78, 5) is 22.4. The molecule has 0 radical (unpaired) electrons. The number of aryl methyl sites for hydroxylation is 1. The van der Waals surface area contributed by atoms with Crippen LogP contribution in [0.15, 0.2) is 36.4 Å². The highest BCUT2D eigenvalue weighted by Crippen LogP contribution is 2.33. The summed E-state index contributed by atoms with van der Waals surface area (Å²) in [6.07, 6.45) is 0. The molecule has 0 fully saturated rings. The fraction of sp³-hybridized carbons (Fsp3) is 0.391. The van der Waals surface area contributed by atoms with E-state index in [0.29, 0.717) is 36.8 Å². The van der Waals surface area contributed by atoms with Crippen LogP contribution in [0, 0.1) is 6.92 Å². The molecular weight excluding hydrogens is 434 g/mol. The molecule has 0 unspecified atom stereocenters. The van der Waals surface area contributed by atoms with Crippen molar-refractivity contribution < 1.29 is 14.3 Å². The third-order valence-electron chi connectivity index (χ3n) is 5.33. The Kier molecular flexibility index (Phi) is 7.75. The summed E-state index contributed by atoms with van der Waals surface area (Å²) < 4.78 is 12.4. The molecule has 1 aromatic heterocycles. The van der Waals surface area contributed by atoms with Crippen molar-refractivity contribution in [3.05, 3.63) is 47.5 Å². The number of halogens is 1. The zero-order chi connectivity index (χ0) is 21.1. The molecule has 0 saturated carbocycles. The second kappa shape index (κ2) is 10.3. The normalized spacial score (nSPS) is 12.6. The van der Waals surface area contributed by atoms with Gasteiger partial charge in [0.15, 0.2) is 16.6 Å². The van der Waals surface area contributed by atoms with Crippen molar-refractivity contribution in [2.24, 2.45) is 0 Å². The minimum Gasteiger partial charge on any atom is -0.486 e. The molecule has 0 aliphatic carbocycles. The summed E-state index contributed by atoms with van der Waals surface area (Å²) in [5.41, 5.74) is 2.68. The lowest BCUT2D eigenvalue weighted by Gasteiger charge is -2.25. The van der Waals surface area contributed by atoms with Gasteiger partial charge in [0.1, 0.15) is 13.2 Å². The molecule has 0 spiro atoms. The maximum absolute atomic E-state index is 13.5. The van der Waals surface area contributed by atoms with Crippen LogP contribution in [-0.4, -0.2) is 55.2 Å². The van der Waals surface area contributed by atoms with Crippen LogP contribution in [0.1, 0.15) is 29.8 Å². The first kappa shape index (κ1) is 23.3. The average molecular weight is 462 g/mol. The molecule has 8 heteroatoms. The Morgan fingerprint density at radius 3 is 2.52 bits per heavy atom. The largest absolute Gasteiger partial charge is 0.486 e. The van der Waals surface area contributed by atoms with E-state index in [1.165, 1.54) is 5.56 Å². The standard InChI is InChI=1S/C23H27N3O3S.ClH/c1-4-25(5-2)10-11-26(23-24-18-8-6-16(3)14-21(18)30-23)22(27)17-7-9-19-20(15-17)29-13-12-28-19;/h6-9,14-15H,4-5,10-13H2,1-3H3;1H. The van der Waals surface area contributed by atoms with Crippen molar-refractivity contribution >= 4 is 45.0 Å². The Morgan fingerprint density at radius 1 is 1.03 bits per heavy atom. The predicted octanol–water partition coefficient (Wildman–Crippen LogP) is 4.79. The molecule has 3 aromatic rings. The van der Waals surface area contributed by atoms with Gasteiger partial charge in [-0.3, -0.25) is 9.69 Å². The van der Waals surface area contributed by atoms with Crippen LogP contribution in [0.3, 0.4) is 0 Å². The number of aromatic nitrogens is 1. The molecule has 0 atom stereocenters. The van der Waals surface area contributed by atoms with E-state index in [0.717, 1.165) is 35.0 Å². The molecule has 2 aromatic carbocycles. The first-order valence-corrected chi connectivity index (χ1v) is 11.2. The van der Waals surface area contributed by atoms with Gasteiger partial charge in [0.25, 0.3) is 5.91 Å². The van der Waals surface area contributed by atoms with E-state index >= 15 is 0 Å². The second-order valence-electron chi connectivity index (χ2n) is 7.31. The number of rotatable bonds is 7. The quantitative estimate of drug-likeness (QED) is 0.506. The molecular formula is C23H28ClN3O3S. The zero-order valence-electron chi connectivity index (χ0n) is 18.1. The molecule has 1 aliphatic heterocycles. The minimum absolute atomic E-state index is 0. The number of anilines is 1. The van der Waals surface area contributed by atoms with E-state index < -0.39 is 0 Å². The number of carbonyl (C=O) groups excluding carboxylic acids is 1. The highest BCUT2D eigenvalue weighted by Gasteiger charge is 2.24. The van der Waals surface area contributed by atoms with E-state index in [-0.39, 0.29) is 18.3 Å². The number of likely N-dealkylation sites (N-methyl/N-ethyl adjacent to an activating group) is 1. The fourth-order valence-electron chi connectivity index (χ4n) is 3.53. The van der Waals surface area contributed by atoms with Gasteiger partial charge in [-0.15, -0.1) is 12.4 Å². The molecule has 4 rings (SSSR count). The summed E-state index contributed by atoms with van der Waals surface area (Å²) >= 11 is 1.56. The lowest BCUT2D eigenvalue weighted by molar-refractivity contribution is 0.0982. The lowest BCUT2D eigenvalue weighted by Crippen LogP contribution is -2.38. The van der Waals surface area contributed by atoms with Crippen molar-refractivity contribution in [1.29, 1.82) is 0 Å². The molecule has 0 N–H and O–H groups in total. The number of carbonyl (C=O) groups is 1. The maximum Gasteiger partial charge on any atom is 0.260 e. The Labute approximate surface area is 193 Å². The monoisotopic (exact) mass is 461 g/mol. The van der Waals surface area contributed by atoms with Crippen molar-refractivity contribution in [1.82, 2.24) is 9.88 Å². The van der Waals surface area contributed by atoms with E-state index in [2.05, 4.69) is 37.8 Å². The Bertz CT molecular complexity index is 1050. The van der Waals surface area contributed by atoms with Crippen LogP contribution in [0.2, 0.25) is 0 Å². The van der Waals surface area contributed by atoms with Gasteiger partial charge in [-0.05, 0) is 55.9 Å². The molecule has 2 heterocycles. The van der Waals surface area contributed by atoms with E-state index in [9.17, 15) is 4.79 Å². The van der Waals surface area contributed by atoms with Gasteiger partial charge < -0.3 is 14.4 Å². The van der Waals surface area contributed by atoms with Crippen LogP contribution in [-0.2, 0) is 0 Å². The van der Waals surface area contributed by atoms with E-state index in [1.54, 1.807) is 28.4 Å². The number of thiazole rings is 1. The third-order valence-corrected chi connectivity index (χ3v) is 6.37. The van der Waals surface area contributed by atoms with Crippen LogP contribution >= 0.6 is 23.7 Å². The number of nitrogens with zero attached hydrogens (tertiary/aromatic N) is 3. The average Bonchev–Trinajstić information content (AvgIpc) is 3.18. The van der Waals surface area contributed by atoms with Gasteiger partial charge in [0.2, 0.25) is 0 Å². The first-order valence-electron chi connectivity index (χ1n) is 10.4. The van der Waals surface area contributed by atoms with Gasteiger partial charge in [-0.25, -0.2) is 4.98 Å². The van der Waals surface area contributed by atoms with Crippen molar-refractivity contribution in [2.45, 2.75) is 20.8 Å². The van der Waals surface area contributed by atoms with Crippen LogP contribution in [0.5, 0.6) is 11.5 Å². The molecule has 0 bridgehead atoms. The topological polar surface area (TPSA) is 54.9 Å². The molecule has 1 amide bonds. The maximum atomic E-state index is 13.5. The molecule has 31 heavy (non-hydrogen) atoms. The number of benzene rings is 2. The summed E-state index contributed by atoms with van der Waals surface area (Å²) in [7, 11) is 0. The number of hydrogen-bond donors (Lipinski definition) is 0. The van der Waals surface area contributed by atoms with Gasteiger partial charge in [0.05, 0.1) is 10.2 Å². The van der Waals surface area contributed by atoms with Crippen molar-refractivity contribution in [2.75, 3.05) is 44.3 Å². The number of amides is 1. The SMILES string of the molecule is CCN(CC)CCN(C(=O)c1ccc2c(c1)OCCO2)c1nc2ccc(C)cc2s1.Cl. The summed E-state index contributed by atoms with van der Waals surface area (Å²) in [5, 5.41) is 0.725. The highest BCUT2D eigenvalue weighted by molar-refractivity contribution is 7.22. The Morgan fingerprint density at radius 2 is 1.77 bits per heavy atom. The highest BCUT2D eigenvalue weighted by atomic mass is 35.5. The third kappa shape index (κ3) is 5.11. The summed E-state index contributed by atoms with van der Waals surface area (Å²) in [5.74, 6) is 1.23. The predicted molar refractivity (Wildman–Crippen MR) is 129 cm³/mol. The first-order chi connectivity index (χ1) is 14.6. The Balaban J connectivity index is 0.00000272. The van der Waals surface area contributed by atoms with E-state index in [4.69, 9.17) is 14.5 Å². The van der Waals surface area contributed by atoms with Gasteiger partial charge >= 0.3 is 0 Å². The summed E-state index contributed by atoms with van der Waals surface area (Å²) in [6, 6.07) is 11.6. The molecule has 166 valence electrons. The Hall–Kier alpha value is -2.35. The van der Waals surface area contributed by atoms with Crippen LogP contribution in [0.25, 0.3) is 10.2 Å². The van der Waals surface area contributed by atoms with Crippen LogP contribution in [0.4, 0.5) is 5.13 Å². The number of fused-ring (bicyclic) bond motifs is 2. The smallest absolute Gasteiger partial charge is 0.260 e. The van der Waals surface area contributed by atoms with Gasteiger partial charge in [0, 0.05) is 18.7 Å². The van der Waals surface area contributed by atoms with Crippen molar-refractivity contribution in [3.8, 4) is 11.5 Å². The fourth-order valence-corrected chi connectivity index (χ4v) is 4.62. The van der Waals surface area contributed by atoms with Gasteiger partial charge in [-0.1, -0.05) is 31.3 Å².